The number of amides is 1. The van der Waals surface area contributed by atoms with E-state index in [2.05, 4.69) is 15.3 Å². The van der Waals surface area contributed by atoms with Gasteiger partial charge in [-0.05, 0) is 68.8 Å². The van der Waals surface area contributed by atoms with E-state index < -0.39 is 5.54 Å². The molecule has 0 spiro atoms. The second-order valence-corrected chi connectivity index (χ2v) is 6.71. The number of halogens is 1. The van der Waals surface area contributed by atoms with Crippen molar-refractivity contribution < 1.29 is 4.79 Å². The Balaban J connectivity index is 0.00000192. The van der Waals surface area contributed by atoms with Gasteiger partial charge in [0.2, 0.25) is 5.91 Å². The number of carbonyl (C=O) groups excluding carboxylic acids is 1. The quantitative estimate of drug-likeness (QED) is 0.828. The van der Waals surface area contributed by atoms with Crippen molar-refractivity contribution in [2.24, 2.45) is 5.73 Å². The molecular formula is C16H19ClN4OS. The summed E-state index contributed by atoms with van der Waals surface area (Å²) in [7, 11) is 0. The monoisotopic (exact) mass is 350 g/mol. The van der Waals surface area contributed by atoms with Crippen molar-refractivity contribution in [1.82, 2.24) is 9.97 Å². The molecule has 1 aromatic carbocycles. The Labute approximate surface area is 145 Å². The maximum atomic E-state index is 11.9. The molecule has 7 heteroatoms. The lowest BCUT2D eigenvalue weighted by molar-refractivity contribution is -0.118. The maximum Gasteiger partial charge on any atom is 0.244 e. The first-order chi connectivity index (χ1) is 10.4. The molecule has 23 heavy (non-hydrogen) atoms. The van der Waals surface area contributed by atoms with Crippen LogP contribution in [-0.4, -0.2) is 21.4 Å². The summed E-state index contributed by atoms with van der Waals surface area (Å²) in [5.41, 5.74) is 7.88. The Morgan fingerprint density at radius 1 is 1.17 bits per heavy atom. The van der Waals surface area contributed by atoms with Crippen molar-refractivity contribution in [3.05, 3.63) is 41.7 Å². The van der Waals surface area contributed by atoms with Crippen LogP contribution < -0.4 is 11.1 Å². The summed E-state index contributed by atoms with van der Waals surface area (Å²) in [6.07, 6.45) is 1.52. The van der Waals surface area contributed by atoms with Gasteiger partial charge in [-0.25, -0.2) is 9.97 Å². The lowest BCUT2D eigenvalue weighted by atomic mass is 10.2. The van der Waals surface area contributed by atoms with Crippen LogP contribution in [0, 0.1) is 13.8 Å². The van der Waals surface area contributed by atoms with Crippen LogP contribution in [0.25, 0.3) is 0 Å². The predicted octanol–water partition coefficient (Wildman–Crippen LogP) is 3.10. The van der Waals surface area contributed by atoms with Gasteiger partial charge in [-0.3, -0.25) is 4.79 Å². The minimum atomic E-state index is -0.652. The Morgan fingerprint density at radius 2 is 1.74 bits per heavy atom. The molecule has 122 valence electrons. The number of anilines is 1. The average molecular weight is 351 g/mol. The summed E-state index contributed by atoms with van der Waals surface area (Å²) in [5, 5.41) is 3.58. The first kappa shape index (κ1) is 17.7. The zero-order valence-corrected chi connectivity index (χ0v) is 14.6. The fraction of sp³-hybridized carbons (Fsp3) is 0.312. The standard InChI is InChI=1S/C16H18N4OS.ClH/c1-10-9-11(2)19-15(18-10)22-13-5-3-12(4-6-13)20-14(21)16(17)7-8-16;/h3-6,9H,7-8,17H2,1-2H3,(H,20,21);1H. The number of nitrogens with zero attached hydrogens (tertiary/aromatic N) is 2. The second-order valence-electron chi connectivity index (χ2n) is 5.67. The van der Waals surface area contributed by atoms with E-state index >= 15 is 0 Å². The zero-order valence-electron chi connectivity index (χ0n) is 13.0. The molecule has 0 saturated heterocycles. The average Bonchev–Trinajstić information content (AvgIpc) is 3.19. The molecule has 0 aliphatic heterocycles. The van der Waals surface area contributed by atoms with Crippen molar-refractivity contribution in [2.45, 2.75) is 42.3 Å². The molecule has 1 amide bonds. The first-order valence-corrected chi connectivity index (χ1v) is 7.97. The molecule has 0 atom stereocenters. The van der Waals surface area contributed by atoms with Gasteiger partial charge in [-0.1, -0.05) is 0 Å². The Morgan fingerprint density at radius 3 is 2.26 bits per heavy atom. The van der Waals surface area contributed by atoms with Crippen molar-refractivity contribution in [1.29, 1.82) is 0 Å². The van der Waals surface area contributed by atoms with Gasteiger partial charge in [-0.15, -0.1) is 12.4 Å². The van der Waals surface area contributed by atoms with Crippen LogP contribution in [-0.2, 0) is 4.79 Å². The van der Waals surface area contributed by atoms with Crippen LogP contribution >= 0.6 is 24.2 Å². The summed E-state index contributed by atoms with van der Waals surface area (Å²) >= 11 is 1.50. The number of aryl methyl sites for hydroxylation is 2. The molecule has 5 nitrogen and oxygen atoms in total. The van der Waals surface area contributed by atoms with Gasteiger partial charge in [-0.2, -0.15) is 0 Å². The molecule has 1 saturated carbocycles. The van der Waals surface area contributed by atoms with Crippen molar-refractivity contribution in [2.75, 3.05) is 5.32 Å². The van der Waals surface area contributed by atoms with Gasteiger partial charge in [0.1, 0.15) is 0 Å². The highest BCUT2D eigenvalue weighted by Gasteiger charge is 2.45. The van der Waals surface area contributed by atoms with Gasteiger partial charge >= 0.3 is 0 Å². The van der Waals surface area contributed by atoms with Crippen molar-refractivity contribution in [3.63, 3.8) is 0 Å². The fourth-order valence-electron chi connectivity index (χ4n) is 2.07. The first-order valence-electron chi connectivity index (χ1n) is 7.15. The fourth-order valence-corrected chi connectivity index (χ4v) is 2.93. The minimum absolute atomic E-state index is 0. The van der Waals surface area contributed by atoms with Crippen LogP contribution in [0.5, 0.6) is 0 Å². The van der Waals surface area contributed by atoms with Crippen LogP contribution in [0.3, 0.4) is 0 Å². The molecule has 3 rings (SSSR count). The zero-order chi connectivity index (χ0) is 15.7. The number of nitrogens with one attached hydrogen (secondary N) is 1. The maximum absolute atomic E-state index is 11.9. The molecule has 1 fully saturated rings. The molecule has 2 aromatic rings. The number of aromatic nitrogens is 2. The van der Waals surface area contributed by atoms with E-state index in [9.17, 15) is 4.79 Å². The number of benzene rings is 1. The largest absolute Gasteiger partial charge is 0.324 e. The second kappa shape index (κ2) is 6.86. The molecule has 0 bridgehead atoms. The van der Waals surface area contributed by atoms with Gasteiger partial charge < -0.3 is 11.1 Å². The Bertz CT molecular complexity index is 696. The minimum Gasteiger partial charge on any atom is -0.324 e. The topological polar surface area (TPSA) is 80.9 Å². The molecule has 1 aromatic heterocycles. The Hall–Kier alpha value is -1.63. The summed E-state index contributed by atoms with van der Waals surface area (Å²) in [6.45, 7) is 3.91. The third-order valence-corrected chi connectivity index (χ3v) is 4.40. The lowest BCUT2D eigenvalue weighted by Crippen LogP contribution is -2.37. The molecule has 3 N–H and O–H groups in total. The highest BCUT2D eigenvalue weighted by Crippen LogP contribution is 2.33. The van der Waals surface area contributed by atoms with Crippen LogP contribution in [0.2, 0.25) is 0 Å². The highest BCUT2D eigenvalue weighted by molar-refractivity contribution is 7.99. The summed E-state index contributed by atoms with van der Waals surface area (Å²) in [5.74, 6) is -0.106. The Kier molecular flexibility index (Phi) is 5.29. The van der Waals surface area contributed by atoms with E-state index in [0.29, 0.717) is 0 Å². The third kappa shape index (κ3) is 4.43. The number of hydrogen-bond donors (Lipinski definition) is 2. The molecule has 1 aliphatic rings. The number of carbonyl (C=O) groups is 1. The van der Waals surface area contributed by atoms with Crippen LogP contribution in [0.4, 0.5) is 5.69 Å². The van der Waals surface area contributed by atoms with E-state index in [1.165, 1.54) is 11.8 Å². The molecule has 0 radical (unpaired) electrons. The SMILES string of the molecule is Cc1cc(C)nc(Sc2ccc(NC(=O)C3(N)CC3)cc2)n1.Cl. The van der Waals surface area contributed by atoms with E-state index in [0.717, 1.165) is 40.0 Å². The highest BCUT2D eigenvalue weighted by atomic mass is 35.5. The summed E-state index contributed by atoms with van der Waals surface area (Å²) in [6, 6.07) is 9.57. The molecule has 1 heterocycles. The predicted molar refractivity (Wildman–Crippen MR) is 94.1 cm³/mol. The van der Waals surface area contributed by atoms with Crippen molar-refractivity contribution >= 4 is 35.8 Å². The van der Waals surface area contributed by atoms with E-state index in [4.69, 9.17) is 5.73 Å². The smallest absolute Gasteiger partial charge is 0.244 e. The number of rotatable bonds is 4. The van der Waals surface area contributed by atoms with Crippen molar-refractivity contribution in [3.8, 4) is 0 Å². The third-order valence-electron chi connectivity index (χ3n) is 3.52. The van der Waals surface area contributed by atoms with Gasteiger partial charge in [0.25, 0.3) is 0 Å². The lowest BCUT2D eigenvalue weighted by Gasteiger charge is -2.10. The molecule has 0 unspecified atom stereocenters. The summed E-state index contributed by atoms with van der Waals surface area (Å²) < 4.78 is 0. The van der Waals surface area contributed by atoms with Gasteiger partial charge in [0, 0.05) is 22.0 Å². The van der Waals surface area contributed by atoms with E-state index in [1.807, 2.05) is 44.2 Å². The summed E-state index contributed by atoms with van der Waals surface area (Å²) in [4.78, 5) is 21.7. The van der Waals surface area contributed by atoms with E-state index in [-0.39, 0.29) is 18.3 Å². The normalized spacial score (nSPS) is 14.7. The number of hydrogen-bond acceptors (Lipinski definition) is 5. The number of nitrogens with two attached hydrogens (primary N) is 1. The molecular weight excluding hydrogens is 332 g/mol. The van der Waals surface area contributed by atoms with Crippen LogP contribution in [0.15, 0.2) is 40.4 Å². The van der Waals surface area contributed by atoms with Gasteiger partial charge in [0.05, 0.1) is 5.54 Å². The molecule has 1 aliphatic carbocycles. The van der Waals surface area contributed by atoms with Crippen LogP contribution in [0.1, 0.15) is 24.2 Å². The van der Waals surface area contributed by atoms with Gasteiger partial charge in [0.15, 0.2) is 5.16 Å². The van der Waals surface area contributed by atoms with E-state index in [1.54, 1.807) is 0 Å².